The van der Waals surface area contributed by atoms with Crippen molar-refractivity contribution in [2.24, 2.45) is 0 Å². The molecule has 1 unspecified atom stereocenters. The summed E-state index contributed by atoms with van der Waals surface area (Å²) in [6.45, 7) is 3.67. The molecule has 0 spiro atoms. The second-order valence-corrected chi connectivity index (χ2v) is 6.78. The van der Waals surface area contributed by atoms with Crippen LogP contribution in [0.25, 0.3) is 0 Å². The molecule has 3 heterocycles. The highest BCUT2D eigenvalue weighted by Gasteiger charge is 2.20. The van der Waals surface area contributed by atoms with Gasteiger partial charge in [-0.3, -0.25) is 4.68 Å². The van der Waals surface area contributed by atoms with E-state index in [1.807, 2.05) is 29.1 Å². The van der Waals surface area contributed by atoms with Crippen LogP contribution >= 0.6 is 0 Å². The molecule has 0 bridgehead atoms. The molecule has 6 heteroatoms. The van der Waals surface area contributed by atoms with Crippen molar-refractivity contribution in [1.29, 1.82) is 0 Å². The van der Waals surface area contributed by atoms with Crippen molar-refractivity contribution in [2.75, 3.05) is 18.0 Å². The summed E-state index contributed by atoms with van der Waals surface area (Å²) in [4.78, 5) is 2.31. The van der Waals surface area contributed by atoms with Crippen molar-refractivity contribution in [2.45, 2.75) is 32.0 Å². The molecule has 1 N–H and O–H groups in total. The first-order valence-corrected chi connectivity index (χ1v) is 9.18. The van der Waals surface area contributed by atoms with E-state index in [9.17, 15) is 0 Å². The molecule has 26 heavy (non-hydrogen) atoms. The predicted octanol–water partition coefficient (Wildman–Crippen LogP) is 2.48. The number of rotatable bonds is 6. The first-order chi connectivity index (χ1) is 12.9. The second-order valence-electron chi connectivity index (χ2n) is 6.78. The summed E-state index contributed by atoms with van der Waals surface area (Å²) in [6.07, 6.45) is 8.16. The Kier molecular flexibility index (Phi) is 5.21. The molecule has 6 nitrogen and oxygen atoms in total. The normalized spacial score (nSPS) is 17.4. The Morgan fingerprint density at radius 3 is 2.85 bits per heavy atom. The molecular formula is C20H24N6. The monoisotopic (exact) mass is 348 g/mol. The molecule has 1 atom stereocenters. The maximum Gasteiger partial charge on any atom is 0.151 e. The van der Waals surface area contributed by atoms with E-state index in [1.54, 1.807) is 6.20 Å². The largest absolute Gasteiger partial charge is 0.354 e. The van der Waals surface area contributed by atoms with E-state index in [2.05, 4.69) is 56.0 Å². The van der Waals surface area contributed by atoms with Gasteiger partial charge in [-0.25, -0.2) is 0 Å². The van der Waals surface area contributed by atoms with Crippen LogP contribution in [0.1, 0.15) is 24.0 Å². The van der Waals surface area contributed by atoms with Crippen LogP contribution in [-0.2, 0) is 13.1 Å². The topological polar surface area (TPSA) is 58.9 Å². The van der Waals surface area contributed by atoms with E-state index in [-0.39, 0.29) is 0 Å². The predicted molar refractivity (Wildman–Crippen MR) is 102 cm³/mol. The average Bonchev–Trinajstić information content (AvgIpc) is 3.15. The minimum atomic E-state index is 0.461. The fraction of sp³-hybridized carbons (Fsp3) is 0.350. The molecule has 4 rings (SSSR count). The van der Waals surface area contributed by atoms with Crippen LogP contribution in [0.3, 0.4) is 0 Å². The third-order valence-electron chi connectivity index (χ3n) is 4.77. The third-order valence-corrected chi connectivity index (χ3v) is 4.77. The maximum absolute atomic E-state index is 4.49. The lowest BCUT2D eigenvalue weighted by Crippen LogP contribution is -2.45. The Balaban J connectivity index is 1.30. The summed E-state index contributed by atoms with van der Waals surface area (Å²) < 4.78 is 2.00. The molecule has 0 amide bonds. The molecule has 1 aromatic carbocycles. The van der Waals surface area contributed by atoms with E-state index < -0.39 is 0 Å². The number of nitrogens with zero attached hydrogens (tertiary/aromatic N) is 5. The molecular weight excluding hydrogens is 324 g/mol. The van der Waals surface area contributed by atoms with Gasteiger partial charge in [-0.05, 0) is 30.5 Å². The van der Waals surface area contributed by atoms with Crippen molar-refractivity contribution < 1.29 is 0 Å². The fourth-order valence-electron chi connectivity index (χ4n) is 3.43. The molecule has 3 aromatic rings. The van der Waals surface area contributed by atoms with Gasteiger partial charge in [-0.2, -0.15) is 10.2 Å². The highest BCUT2D eigenvalue weighted by molar-refractivity contribution is 5.37. The number of nitrogens with one attached hydrogen (secondary N) is 1. The summed E-state index contributed by atoms with van der Waals surface area (Å²) in [7, 11) is 0. The average molecular weight is 348 g/mol. The van der Waals surface area contributed by atoms with Gasteiger partial charge in [0.15, 0.2) is 5.82 Å². The van der Waals surface area contributed by atoms with Crippen molar-refractivity contribution in [3.8, 4) is 0 Å². The van der Waals surface area contributed by atoms with Crippen LogP contribution in [0.5, 0.6) is 0 Å². The molecule has 1 saturated heterocycles. The number of hydrogen-bond donors (Lipinski definition) is 1. The van der Waals surface area contributed by atoms with E-state index in [0.717, 1.165) is 32.0 Å². The van der Waals surface area contributed by atoms with Gasteiger partial charge in [0.05, 0.1) is 12.7 Å². The molecule has 0 saturated carbocycles. The van der Waals surface area contributed by atoms with Crippen molar-refractivity contribution in [3.63, 3.8) is 0 Å². The minimum absolute atomic E-state index is 0.461. The van der Waals surface area contributed by atoms with Crippen molar-refractivity contribution in [3.05, 3.63) is 72.2 Å². The standard InChI is InChI=1S/C20H24N6/c1-2-6-17(7-3-1)14-26-15-18(13-23-26)12-21-19-8-5-11-25(16-19)20-9-4-10-22-24-20/h1-4,6-7,9-10,13,15,19,21H,5,8,11-12,14,16H2. The van der Waals surface area contributed by atoms with E-state index in [0.29, 0.717) is 6.04 Å². The van der Waals surface area contributed by atoms with Gasteiger partial charge in [0, 0.05) is 43.6 Å². The SMILES string of the molecule is c1ccc(Cn2cc(CNC3CCCN(c4cccnn4)C3)cn2)cc1. The third kappa shape index (κ3) is 4.26. The van der Waals surface area contributed by atoms with Gasteiger partial charge in [0.2, 0.25) is 0 Å². The van der Waals surface area contributed by atoms with Gasteiger partial charge in [-0.1, -0.05) is 30.3 Å². The Morgan fingerprint density at radius 1 is 1.08 bits per heavy atom. The zero-order valence-electron chi connectivity index (χ0n) is 14.8. The Labute approximate surface area is 153 Å². The van der Waals surface area contributed by atoms with E-state index in [1.165, 1.54) is 24.0 Å². The van der Waals surface area contributed by atoms with Crippen LogP contribution < -0.4 is 10.2 Å². The fourth-order valence-corrected chi connectivity index (χ4v) is 3.43. The first kappa shape index (κ1) is 16.7. The molecule has 1 aliphatic heterocycles. The summed E-state index contributed by atoms with van der Waals surface area (Å²) >= 11 is 0. The molecule has 1 aliphatic rings. The quantitative estimate of drug-likeness (QED) is 0.742. The minimum Gasteiger partial charge on any atom is -0.354 e. The second kappa shape index (κ2) is 8.10. The number of anilines is 1. The van der Waals surface area contributed by atoms with Crippen molar-refractivity contribution in [1.82, 2.24) is 25.3 Å². The van der Waals surface area contributed by atoms with Gasteiger partial charge >= 0.3 is 0 Å². The first-order valence-electron chi connectivity index (χ1n) is 9.18. The maximum atomic E-state index is 4.49. The summed E-state index contributed by atoms with van der Waals surface area (Å²) in [5.41, 5.74) is 2.49. The smallest absolute Gasteiger partial charge is 0.151 e. The molecule has 1 fully saturated rings. The van der Waals surface area contributed by atoms with Gasteiger partial charge < -0.3 is 10.2 Å². The summed E-state index contributed by atoms with van der Waals surface area (Å²) in [5, 5.41) is 16.4. The lowest BCUT2D eigenvalue weighted by Gasteiger charge is -2.33. The van der Waals surface area contributed by atoms with Crippen LogP contribution in [-0.4, -0.2) is 39.1 Å². The lowest BCUT2D eigenvalue weighted by molar-refractivity contribution is 0.419. The number of aromatic nitrogens is 4. The highest BCUT2D eigenvalue weighted by atomic mass is 15.3. The molecule has 2 aromatic heterocycles. The van der Waals surface area contributed by atoms with Gasteiger partial charge in [-0.15, -0.1) is 5.10 Å². The van der Waals surface area contributed by atoms with Crippen LogP contribution in [0.4, 0.5) is 5.82 Å². The summed E-state index contributed by atoms with van der Waals surface area (Å²) in [5.74, 6) is 0.967. The Hall–Kier alpha value is -2.73. The van der Waals surface area contributed by atoms with Crippen LogP contribution in [0.15, 0.2) is 61.1 Å². The number of hydrogen-bond acceptors (Lipinski definition) is 5. The lowest BCUT2D eigenvalue weighted by atomic mass is 10.1. The Bertz CT molecular complexity index is 801. The van der Waals surface area contributed by atoms with Gasteiger partial charge in [0.1, 0.15) is 0 Å². The summed E-state index contributed by atoms with van der Waals surface area (Å²) in [6, 6.07) is 14.9. The molecule has 134 valence electrons. The number of benzene rings is 1. The van der Waals surface area contributed by atoms with Gasteiger partial charge in [0.25, 0.3) is 0 Å². The zero-order valence-corrected chi connectivity index (χ0v) is 14.8. The van der Waals surface area contributed by atoms with Crippen LogP contribution in [0, 0.1) is 0 Å². The van der Waals surface area contributed by atoms with Crippen molar-refractivity contribution >= 4 is 5.82 Å². The van der Waals surface area contributed by atoms with E-state index in [4.69, 9.17) is 0 Å². The highest BCUT2D eigenvalue weighted by Crippen LogP contribution is 2.17. The molecule has 0 radical (unpaired) electrons. The number of piperidine rings is 1. The molecule has 0 aliphatic carbocycles. The Morgan fingerprint density at radius 2 is 2.00 bits per heavy atom. The zero-order chi connectivity index (χ0) is 17.6. The van der Waals surface area contributed by atoms with Crippen LogP contribution in [0.2, 0.25) is 0 Å². The van der Waals surface area contributed by atoms with E-state index >= 15 is 0 Å².